The summed E-state index contributed by atoms with van der Waals surface area (Å²) >= 11 is 1.37. The monoisotopic (exact) mass is 526 g/mol. The molecular weight excluding hydrogens is 496 g/mol. The van der Waals surface area contributed by atoms with Gasteiger partial charge in [0.1, 0.15) is 11.5 Å². The van der Waals surface area contributed by atoms with Crippen LogP contribution in [0.5, 0.6) is 0 Å². The molecule has 0 unspecified atom stereocenters. The summed E-state index contributed by atoms with van der Waals surface area (Å²) in [6, 6.07) is 13.7. The van der Waals surface area contributed by atoms with Gasteiger partial charge in [0, 0.05) is 4.88 Å². The molecule has 1 heterocycles. The number of rotatable bonds is 8. The average molecular weight is 527 g/mol. The van der Waals surface area contributed by atoms with E-state index in [0.29, 0.717) is 16.3 Å². The second kappa shape index (κ2) is 10.8. The number of nitrogens with one attached hydrogen (secondary N) is 1. The Morgan fingerprint density at radius 2 is 1.69 bits per heavy atom. The summed E-state index contributed by atoms with van der Waals surface area (Å²) < 4.78 is 33.4. The molecule has 9 heteroatoms. The molecule has 190 valence electrons. The first kappa shape index (κ1) is 25.9. The van der Waals surface area contributed by atoms with Crippen molar-refractivity contribution < 1.29 is 22.7 Å². The van der Waals surface area contributed by atoms with E-state index in [1.54, 1.807) is 36.4 Å². The molecule has 1 amide bonds. The third-order valence-electron chi connectivity index (χ3n) is 6.34. The highest BCUT2D eigenvalue weighted by Gasteiger charge is 2.30. The molecule has 36 heavy (non-hydrogen) atoms. The topological polar surface area (TPSA) is 92.8 Å². The summed E-state index contributed by atoms with van der Waals surface area (Å²) in [4.78, 5) is 27.0. The Hall–Kier alpha value is -3.17. The zero-order chi connectivity index (χ0) is 25.9. The summed E-state index contributed by atoms with van der Waals surface area (Å²) in [7, 11) is -2.71. The molecule has 1 aromatic heterocycles. The second-order valence-electron chi connectivity index (χ2n) is 8.80. The van der Waals surface area contributed by atoms with E-state index in [1.165, 1.54) is 18.4 Å². The van der Waals surface area contributed by atoms with Crippen LogP contribution in [-0.2, 0) is 38.8 Å². The second-order valence-corrected chi connectivity index (χ2v) is 11.8. The van der Waals surface area contributed by atoms with Crippen LogP contribution in [0.25, 0.3) is 0 Å². The van der Waals surface area contributed by atoms with Crippen LogP contribution in [-0.4, -0.2) is 33.9 Å². The highest BCUT2D eigenvalue weighted by atomic mass is 32.2. The Morgan fingerprint density at radius 3 is 2.33 bits per heavy atom. The highest BCUT2D eigenvalue weighted by Crippen LogP contribution is 2.38. The minimum atomic E-state index is -4.03. The van der Waals surface area contributed by atoms with Crippen LogP contribution in [0.4, 0.5) is 10.7 Å². The molecule has 0 spiro atoms. The first-order valence-electron chi connectivity index (χ1n) is 12.0. The standard InChI is InChI=1S/C27H30N2O5S2/c1-4-19-11-13-20(14-12-19)29(36(32,33)21-15-9-18(2)10-16-21)17-24(30)28-26-25(27(31)34-3)22-7-5-6-8-23(22)35-26/h9-16H,4-8,17H2,1-3H3,(H,28,30). The van der Waals surface area contributed by atoms with Crippen molar-refractivity contribution >= 4 is 43.9 Å². The van der Waals surface area contributed by atoms with Crippen molar-refractivity contribution in [2.24, 2.45) is 0 Å². The smallest absolute Gasteiger partial charge is 0.341 e. The largest absolute Gasteiger partial charge is 0.465 e. The first-order valence-corrected chi connectivity index (χ1v) is 14.2. The van der Waals surface area contributed by atoms with Gasteiger partial charge in [-0.2, -0.15) is 0 Å². The lowest BCUT2D eigenvalue weighted by Gasteiger charge is -2.24. The number of fused-ring (bicyclic) bond motifs is 1. The quantitative estimate of drug-likeness (QED) is 0.412. The van der Waals surface area contributed by atoms with Crippen molar-refractivity contribution in [3.63, 3.8) is 0 Å². The van der Waals surface area contributed by atoms with Crippen molar-refractivity contribution in [3.8, 4) is 0 Å². The number of carbonyl (C=O) groups is 2. The van der Waals surface area contributed by atoms with Crippen LogP contribution in [0, 0.1) is 6.92 Å². The molecule has 0 aliphatic heterocycles. The van der Waals surface area contributed by atoms with Crippen molar-refractivity contribution in [2.75, 3.05) is 23.3 Å². The summed E-state index contributed by atoms with van der Waals surface area (Å²) in [6.07, 6.45) is 4.40. The molecule has 0 atom stereocenters. The number of thiophene rings is 1. The SMILES string of the molecule is CCc1ccc(N(CC(=O)Nc2sc3c(c2C(=O)OC)CCCC3)S(=O)(=O)c2ccc(C)cc2)cc1. The molecule has 7 nitrogen and oxygen atoms in total. The van der Waals surface area contributed by atoms with Gasteiger partial charge < -0.3 is 10.1 Å². The molecule has 0 saturated heterocycles. The fraction of sp³-hybridized carbons (Fsp3) is 0.333. The number of ether oxygens (including phenoxy) is 1. The van der Waals surface area contributed by atoms with E-state index >= 15 is 0 Å². The Morgan fingerprint density at radius 1 is 1.03 bits per heavy atom. The Bertz CT molecular complexity index is 1360. The number of anilines is 2. The van der Waals surface area contributed by atoms with Crippen LogP contribution in [0.3, 0.4) is 0 Å². The van der Waals surface area contributed by atoms with Gasteiger partial charge in [0.05, 0.1) is 23.3 Å². The molecule has 3 aromatic rings. The maximum atomic E-state index is 13.6. The Kier molecular flexibility index (Phi) is 7.80. The van der Waals surface area contributed by atoms with Crippen LogP contribution in [0.2, 0.25) is 0 Å². The number of hydrogen-bond donors (Lipinski definition) is 1. The van der Waals surface area contributed by atoms with E-state index in [9.17, 15) is 18.0 Å². The number of nitrogens with zero attached hydrogens (tertiary/aromatic N) is 1. The van der Waals surface area contributed by atoms with Gasteiger partial charge in [0.25, 0.3) is 10.0 Å². The minimum absolute atomic E-state index is 0.0994. The summed E-state index contributed by atoms with van der Waals surface area (Å²) in [5, 5.41) is 3.22. The lowest BCUT2D eigenvalue weighted by atomic mass is 9.95. The molecule has 1 N–H and O–H groups in total. The molecule has 1 aliphatic carbocycles. The highest BCUT2D eigenvalue weighted by molar-refractivity contribution is 7.92. The van der Waals surface area contributed by atoms with Crippen LogP contribution >= 0.6 is 11.3 Å². The first-order chi connectivity index (χ1) is 17.2. The molecular formula is C27H30N2O5S2. The van der Waals surface area contributed by atoms with Crippen molar-refractivity contribution in [2.45, 2.75) is 50.8 Å². The number of benzene rings is 2. The molecule has 0 saturated carbocycles. The van der Waals surface area contributed by atoms with E-state index in [1.807, 2.05) is 26.0 Å². The maximum absolute atomic E-state index is 13.6. The van der Waals surface area contributed by atoms with Gasteiger partial charge in [0.2, 0.25) is 5.91 Å². The Balaban J connectivity index is 1.67. The van der Waals surface area contributed by atoms with Gasteiger partial charge in [-0.25, -0.2) is 13.2 Å². The summed E-state index contributed by atoms with van der Waals surface area (Å²) in [5.41, 5.74) is 3.69. The predicted octanol–water partition coefficient (Wildman–Crippen LogP) is 5.12. The van der Waals surface area contributed by atoms with Gasteiger partial charge in [-0.3, -0.25) is 9.10 Å². The van der Waals surface area contributed by atoms with Gasteiger partial charge >= 0.3 is 5.97 Å². The minimum Gasteiger partial charge on any atom is -0.465 e. The number of amides is 1. The lowest BCUT2D eigenvalue weighted by Crippen LogP contribution is -2.38. The zero-order valence-corrected chi connectivity index (χ0v) is 22.3. The van der Waals surface area contributed by atoms with Crippen molar-refractivity contribution in [3.05, 3.63) is 75.7 Å². The number of sulfonamides is 1. The van der Waals surface area contributed by atoms with Gasteiger partial charge in [-0.1, -0.05) is 36.8 Å². The normalized spacial score (nSPS) is 13.1. The van der Waals surface area contributed by atoms with Gasteiger partial charge in [-0.15, -0.1) is 11.3 Å². The van der Waals surface area contributed by atoms with Gasteiger partial charge in [0.15, 0.2) is 0 Å². The number of hydrogen-bond acceptors (Lipinski definition) is 6. The number of aryl methyl sites for hydroxylation is 3. The molecule has 0 fully saturated rings. The third kappa shape index (κ3) is 5.32. The molecule has 0 radical (unpaired) electrons. The zero-order valence-electron chi connectivity index (χ0n) is 20.7. The van der Waals surface area contributed by atoms with E-state index in [0.717, 1.165) is 58.0 Å². The van der Waals surface area contributed by atoms with E-state index < -0.39 is 28.4 Å². The summed E-state index contributed by atoms with van der Waals surface area (Å²) in [6.45, 7) is 3.46. The summed E-state index contributed by atoms with van der Waals surface area (Å²) in [5.74, 6) is -1.03. The number of carbonyl (C=O) groups excluding carboxylic acids is 2. The maximum Gasteiger partial charge on any atom is 0.341 e. The molecule has 4 rings (SSSR count). The fourth-order valence-corrected chi connectivity index (χ4v) is 7.03. The van der Waals surface area contributed by atoms with E-state index in [2.05, 4.69) is 5.32 Å². The molecule has 1 aliphatic rings. The lowest BCUT2D eigenvalue weighted by molar-refractivity contribution is -0.114. The van der Waals surface area contributed by atoms with Crippen LogP contribution in [0.1, 0.15) is 51.7 Å². The third-order valence-corrected chi connectivity index (χ3v) is 9.34. The fourth-order valence-electron chi connectivity index (χ4n) is 4.32. The number of methoxy groups -OCH3 is 1. The van der Waals surface area contributed by atoms with E-state index in [-0.39, 0.29) is 4.90 Å². The van der Waals surface area contributed by atoms with E-state index in [4.69, 9.17) is 4.74 Å². The van der Waals surface area contributed by atoms with Crippen LogP contribution < -0.4 is 9.62 Å². The number of esters is 1. The van der Waals surface area contributed by atoms with Crippen molar-refractivity contribution in [1.82, 2.24) is 0 Å². The average Bonchev–Trinajstić information content (AvgIpc) is 3.24. The van der Waals surface area contributed by atoms with Gasteiger partial charge in [-0.05, 0) is 74.4 Å². The molecule has 0 bridgehead atoms. The Labute approximate surface area is 216 Å². The van der Waals surface area contributed by atoms with Crippen LogP contribution in [0.15, 0.2) is 53.4 Å². The molecule has 2 aromatic carbocycles. The van der Waals surface area contributed by atoms with Crippen molar-refractivity contribution in [1.29, 1.82) is 0 Å². The predicted molar refractivity (Wildman–Crippen MR) is 142 cm³/mol.